The Labute approximate surface area is 126 Å². The van der Waals surface area contributed by atoms with E-state index in [0.717, 1.165) is 36.4 Å². The van der Waals surface area contributed by atoms with E-state index in [-0.39, 0.29) is 24.0 Å². The number of carbonyl (C=O) groups is 1. The van der Waals surface area contributed by atoms with Crippen LogP contribution in [-0.4, -0.2) is 39.8 Å². The van der Waals surface area contributed by atoms with E-state index < -0.39 is 0 Å². The average molecular weight is 294 g/mol. The highest BCUT2D eigenvalue weighted by atomic mass is 16.5. The fourth-order valence-electron chi connectivity index (χ4n) is 3.48. The minimum atomic E-state index is -0.358. The predicted octanol–water partition coefficient (Wildman–Crippen LogP) is 2.55. The second-order valence-corrected chi connectivity index (χ2v) is 6.31. The van der Waals surface area contributed by atoms with Gasteiger partial charge in [0.2, 0.25) is 5.91 Å². The van der Waals surface area contributed by atoms with Gasteiger partial charge in [-0.25, -0.2) is 0 Å². The van der Waals surface area contributed by atoms with Gasteiger partial charge in [0, 0.05) is 24.6 Å². The Morgan fingerprint density at radius 1 is 1.48 bits per heavy atom. The van der Waals surface area contributed by atoms with Crippen molar-refractivity contribution in [3.05, 3.63) is 17.0 Å². The third-order valence-electron chi connectivity index (χ3n) is 4.37. The summed E-state index contributed by atoms with van der Waals surface area (Å²) in [6, 6.07) is 0.189. The maximum atomic E-state index is 12.6. The Bertz CT molecular complexity index is 476. The molecule has 1 N–H and O–H groups in total. The number of aliphatic hydroxyl groups excluding tert-OH is 1. The summed E-state index contributed by atoms with van der Waals surface area (Å²) in [5.74, 6) is 1.08. The van der Waals surface area contributed by atoms with Crippen molar-refractivity contribution in [2.45, 2.75) is 71.4 Å². The largest absolute Gasteiger partial charge is 0.393 e. The number of likely N-dealkylation sites (tertiary alicyclic amines) is 1. The number of rotatable bonds is 5. The molecule has 3 atom stereocenters. The van der Waals surface area contributed by atoms with E-state index in [4.69, 9.17) is 4.52 Å². The molecule has 0 aliphatic carbocycles. The lowest BCUT2D eigenvalue weighted by molar-refractivity contribution is -0.132. The van der Waals surface area contributed by atoms with Gasteiger partial charge in [0.1, 0.15) is 5.76 Å². The first-order chi connectivity index (χ1) is 9.90. The second kappa shape index (κ2) is 6.60. The number of nitrogens with zero attached hydrogens (tertiary/aromatic N) is 2. The van der Waals surface area contributed by atoms with Crippen LogP contribution < -0.4 is 0 Å². The van der Waals surface area contributed by atoms with Crippen molar-refractivity contribution in [2.75, 3.05) is 6.54 Å². The van der Waals surface area contributed by atoms with Crippen molar-refractivity contribution in [1.29, 1.82) is 0 Å². The normalized spacial score (nSPS) is 21.6. The minimum Gasteiger partial charge on any atom is -0.393 e. The summed E-state index contributed by atoms with van der Waals surface area (Å²) >= 11 is 0. The van der Waals surface area contributed by atoms with Crippen LogP contribution in [0.4, 0.5) is 0 Å². The zero-order valence-electron chi connectivity index (χ0n) is 13.4. The molecule has 118 valence electrons. The molecule has 0 radical (unpaired) electrons. The summed E-state index contributed by atoms with van der Waals surface area (Å²) in [5.41, 5.74) is 1.92. The smallest absolute Gasteiger partial charge is 0.223 e. The Kier molecular flexibility index (Phi) is 5.04. The lowest BCUT2D eigenvalue weighted by atomic mass is 9.95. The van der Waals surface area contributed by atoms with Crippen LogP contribution in [0.2, 0.25) is 0 Å². The maximum Gasteiger partial charge on any atom is 0.223 e. The molecule has 1 saturated heterocycles. The molecule has 0 saturated carbocycles. The van der Waals surface area contributed by atoms with Crippen LogP contribution in [0.1, 0.15) is 62.5 Å². The van der Waals surface area contributed by atoms with Crippen LogP contribution in [0.25, 0.3) is 0 Å². The molecule has 5 heteroatoms. The van der Waals surface area contributed by atoms with Gasteiger partial charge >= 0.3 is 0 Å². The Hall–Kier alpha value is -1.36. The topological polar surface area (TPSA) is 66.6 Å². The second-order valence-electron chi connectivity index (χ2n) is 6.31. The molecule has 21 heavy (non-hydrogen) atoms. The van der Waals surface area contributed by atoms with Crippen LogP contribution in [-0.2, 0) is 4.79 Å². The van der Waals surface area contributed by atoms with Crippen molar-refractivity contribution in [1.82, 2.24) is 10.1 Å². The SMILES string of the molecule is Cc1noc(C)c1C(C)CC(=O)N1CCCC1CC(C)O. The number of amides is 1. The van der Waals surface area contributed by atoms with E-state index in [2.05, 4.69) is 5.16 Å². The molecule has 5 nitrogen and oxygen atoms in total. The number of hydrogen-bond acceptors (Lipinski definition) is 4. The van der Waals surface area contributed by atoms with Gasteiger partial charge in [-0.1, -0.05) is 12.1 Å². The zero-order chi connectivity index (χ0) is 15.6. The molecular weight excluding hydrogens is 268 g/mol. The molecule has 2 heterocycles. The fraction of sp³-hybridized carbons (Fsp3) is 0.750. The fourth-order valence-corrected chi connectivity index (χ4v) is 3.48. The van der Waals surface area contributed by atoms with E-state index in [0.29, 0.717) is 12.8 Å². The maximum absolute atomic E-state index is 12.6. The molecule has 1 aromatic heterocycles. The summed E-state index contributed by atoms with van der Waals surface area (Å²) in [7, 11) is 0. The van der Waals surface area contributed by atoms with Gasteiger partial charge < -0.3 is 14.5 Å². The molecule has 1 amide bonds. The highest BCUT2D eigenvalue weighted by Gasteiger charge is 2.31. The monoisotopic (exact) mass is 294 g/mol. The first-order valence-corrected chi connectivity index (χ1v) is 7.80. The van der Waals surface area contributed by atoms with Crippen molar-refractivity contribution < 1.29 is 14.4 Å². The van der Waals surface area contributed by atoms with Gasteiger partial charge in [-0.15, -0.1) is 0 Å². The van der Waals surface area contributed by atoms with E-state index in [1.54, 1.807) is 6.92 Å². The summed E-state index contributed by atoms with van der Waals surface area (Å²) in [6.45, 7) is 8.45. The van der Waals surface area contributed by atoms with Crippen LogP contribution in [0.3, 0.4) is 0 Å². The van der Waals surface area contributed by atoms with Crippen LogP contribution in [0, 0.1) is 13.8 Å². The minimum absolute atomic E-state index is 0.108. The molecule has 3 unspecified atom stereocenters. The van der Waals surface area contributed by atoms with Gasteiger partial charge in [0.25, 0.3) is 0 Å². The quantitative estimate of drug-likeness (QED) is 0.906. The number of hydrogen-bond donors (Lipinski definition) is 1. The predicted molar refractivity (Wildman–Crippen MR) is 80.0 cm³/mol. The van der Waals surface area contributed by atoms with Crippen molar-refractivity contribution in [3.63, 3.8) is 0 Å². The van der Waals surface area contributed by atoms with Crippen molar-refractivity contribution in [2.24, 2.45) is 0 Å². The summed E-state index contributed by atoms with van der Waals surface area (Å²) < 4.78 is 5.19. The molecular formula is C16H26N2O3. The molecule has 0 bridgehead atoms. The highest BCUT2D eigenvalue weighted by molar-refractivity contribution is 5.77. The summed E-state index contributed by atoms with van der Waals surface area (Å²) in [5, 5.41) is 13.5. The Morgan fingerprint density at radius 3 is 2.76 bits per heavy atom. The first kappa shape index (κ1) is 16.0. The highest BCUT2D eigenvalue weighted by Crippen LogP contribution is 2.29. The average Bonchev–Trinajstić information content (AvgIpc) is 2.95. The molecule has 1 aromatic rings. The Balaban J connectivity index is 2.00. The van der Waals surface area contributed by atoms with Crippen molar-refractivity contribution >= 4 is 5.91 Å². The van der Waals surface area contributed by atoms with Crippen molar-refractivity contribution in [3.8, 4) is 0 Å². The summed E-state index contributed by atoms with van der Waals surface area (Å²) in [6.07, 6.45) is 2.81. The van der Waals surface area contributed by atoms with Crippen LogP contribution in [0.15, 0.2) is 4.52 Å². The number of aromatic nitrogens is 1. The van der Waals surface area contributed by atoms with Gasteiger partial charge in [-0.05, 0) is 46.0 Å². The lowest BCUT2D eigenvalue weighted by Gasteiger charge is -2.27. The van der Waals surface area contributed by atoms with Crippen LogP contribution in [0.5, 0.6) is 0 Å². The lowest BCUT2D eigenvalue weighted by Crippen LogP contribution is -2.37. The first-order valence-electron chi connectivity index (χ1n) is 7.80. The third-order valence-corrected chi connectivity index (χ3v) is 4.37. The molecule has 0 aromatic carbocycles. The Morgan fingerprint density at radius 2 is 2.19 bits per heavy atom. The zero-order valence-corrected chi connectivity index (χ0v) is 13.4. The molecule has 0 spiro atoms. The van der Waals surface area contributed by atoms with Gasteiger partial charge in [0.15, 0.2) is 0 Å². The number of carbonyl (C=O) groups excluding carboxylic acids is 1. The number of aryl methyl sites for hydroxylation is 2. The van der Waals surface area contributed by atoms with Gasteiger partial charge in [-0.2, -0.15) is 0 Å². The molecule has 1 fully saturated rings. The van der Waals surface area contributed by atoms with E-state index in [1.165, 1.54) is 0 Å². The van der Waals surface area contributed by atoms with E-state index >= 15 is 0 Å². The van der Waals surface area contributed by atoms with Gasteiger partial charge in [0.05, 0.1) is 11.8 Å². The number of aliphatic hydroxyl groups is 1. The van der Waals surface area contributed by atoms with Crippen LogP contribution >= 0.6 is 0 Å². The van der Waals surface area contributed by atoms with E-state index in [1.807, 2.05) is 25.7 Å². The van der Waals surface area contributed by atoms with E-state index in [9.17, 15) is 9.90 Å². The third kappa shape index (κ3) is 3.64. The molecule has 1 aliphatic rings. The molecule has 1 aliphatic heterocycles. The van der Waals surface area contributed by atoms with Gasteiger partial charge in [-0.3, -0.25) is 4.79 Å². The molecule has 2 rings (SSSR count). The summed E-state index contributed by atoms with van der Waals surface area (Å²) in [4.78, 5) is 14.5. The standard InChI is InChI=1S/C16H26N2O3/c1-10(16-12(3)17-21-13(16)4)8-15(20)18-7-5-6-14(18)9-11(2)19/h10-11,14,19H,5-9H2,1-4H3.